The number of nitrogens with one attached hydrogen (secondary N) is 1. The van der Waals surface area contributed by atoms with E-state index >= 15 is 0 Å². The molecule has 7 nitrogen and oxygen atoms in total. The number of ether oxygens (including phenoxy) is 2. The third-order valence-corrected chi connectivity index (χ3v) is 9.32. The van der Waals surface area contributed by atoms with Crippen LogP contribution in [0.2, 0.25) is 0 Å². The van der Waals surface area contributed by atoms with E-state index in [-0.39, 0.29) is 17.9 Å². The van der Waals surface area contributed by atoms with E-state index in [4.69, 9.17) is 9.47 Å². The van der Waals surface area contributed by atoms with Crippen LogP contribution in [0.25, 0.3) is 0 Å². The average molecular weight is 487 g/mol. The molecule has 1 atom stereocenters. The van der Waals surface area contributed by atoms with E-state index in [1.54, 1.807) is 0 Å². The Balaban J connectivity index is 1.40. The highest BCUT2D eigenvalue weighted by Gasteiger charge is 2.34. The number of carbonyl (C=O) groups excluding carboxylic acids is 1. The second-order valence-electron chi connectivity index (χ2n) is 9.40. The summed E-state index contributed by atoms with van der Waals surface area (Å²) < 4.78 is 39.7. The first-order chi connectivity index (χ1) is 16.1. The van der Waals surface area contributed by atoms with Crippen LogP contribution >= 0.6 is 0 Å². The summed E-state index contributed by atoms with van der Waals surface area (Å²) in [4.78, 5) is 13.4. The molecular weight excluding hydrogens is 452 g/mol. The summed E-state index contributed by atoms with van der Waals surface area (Å²) in [6, 6.07) is 7.55. The number of sulfonamides is 1. The van der Waals surface area contributed by atoms with Gasteiger partial charge in [0.25, 0.3) is 0 Å². The summed E-state index contributed by atoms with van der Waals surface area (Å²) in [5, 5.41) is 3.09. The molecule has 0 radical (unpaired) electrons. The predicted molar refractivity (Wildman–Crippen MR) is 131 cm³/mol. The van der Waals surface area contributed by atoms with E-state index in [0.717, 1.165) is 33.6 Å². The van der Waals surface area contributed by atoms with Gasteiger partial charge in [-0.05, 0) is 87.4 Å². The van der Waals surface area contributed by atoms with Crippen molar-refractivity contribution in [2.24, 2.45) is 5.92 Å². The molecule has 0 unspecified atom stereocenters. The molecule has 1 N–H and O–H groups in total. The maximum Gasteiger partial charge on any atom is 0.243 e. The highest BCUT2D eigenvalue weighted by molar-refractivity contribution is 7.89. The van der Waals surface area contributed by atoms with Crippen LogP contribution < -0.4 is 14.8 Å². The molecule has 0 aromatic heterocycles. The molecule has 0 saturated carbocycles. The van der Waals surface area contributed by atoms with Crippen LogP contribution in [0.3, 0.4) is 0 Å². The van der Waals surface area contributed by atoms with Gasteiger partial charge in [-0.3, -0.25) is 4.79 Å². The minimum atomic E-state index is -3.62. The number of hydrogen-bond donors (Lipinski definition) is 1. The summed E-state index contributed by atoms with van der Waals surface area (Å²) >= 11 is 0. The maximum absolute atomic E-state index is 13.5. The zero-order valence-electron chi connectivity index (χ0n) is 20.6. The quantitative estimate of drug-likeness (QED) is 0.691. The molecule has 184 valence electrons. The molecular formula is C26H34N2O5S. The van der Waals surface area contributed by atoms with Gasteiger partial charge < -0.3 is 14.8 Å². The van der Waals surface area contributed by atoms with Crippen molar-refractivity contribution in [1.29, 1.82) is 0 Å². The van der Waals surface area contributed by atoms with Crippen LogP contribution in [0.5, 0.6) is 11.5 Å². The number of amides is 1. The van der Waals surface area contributed by atoms with E-state index in [1.807, 2.05) is 58.9 Å². The van der Waals surface area contributed by atoms with Crippen molar-refractivity contribution < 1.29 is 22.7 Å². The Hall–Kier alpha value is -2.58. The molecule has 0 spiro atoms. The van der Waals surface area contributed by atoms with E-state index in [1.165, 1.54) is 4.31 Å². The van der Waals surface area contributed by atoms with Gasteiger partial charge in [-0.1, -0.05) is 12.1 Å². The Morgan fingerprint density at radius 2 is 1.56 bits per heavy atom. The molecule has 4 rings (SSSR count). The molecule has 2 aliphatic rings. The Bertz CT molecular complexity index is 1170. The minimum Gasteiger partial charge on any atom is -0.486 e. The first-order valence-corrected chi connectivity index (χ1v) is 13.3. The second-order valence-corrected chi connectivity index (χ2v) is 11.3. The number of rotatable bonds is 5. The maximum atomic E-state index is 13.5. The van der Waals surface area contributed by atoms with Gasteiger partial charge in [-0.2, -0.15) is 4.31 Å². The molecule has 1 fully saturated rings. The van der Waals surface area contributed by atoms with Crippen molar-refractivity contribution in [3.05, 3.63) is 52.1 Å². The first kappa shape index (κ1) is 24.5. The standard InChI is InChI=1S/C26H34N2O5S/c1-16-14-17(2)19(4)25(18(16)3)34(30,31)28-10-8-21(9-11-28)26(29)27-20(5)22-6-7-23-24(15-22)33-13-12-32-23/h6-7,14-15,20-21H,8-13H2,1-5H3,(H,27,29)/t20-/m1/s1. The van der Waals surface area contributed by atoms with Crippen molar-refractivity contribution in [2.75, 3.05) is 26.3 Å². The molecule has 1 saturated heterocycles. The highest BCUT2D eigenvalue weighted by Crippen LogP contribution is 2.34. The summed E-state index contributed by atoms with van der Waals surface area (Å²) in [6.45, 7) is 11.3. The van der Waals surface area contributed by atoms with Crippen molar-refractivity contribution in [3.8, 4) is 11.5 Å². The van der Waals surface area contributed by atoms with E-state index < -0.39 is 10.0 Å². The number of hydrogen-bond acceptors (Lipinski definition) is 5. The molecule has 0 bridgehead atoms. The summed E-state index contributed by atoms with van der Waals surface area (Å²) in [7, 11) is -3.62. The average Bonchev–Trinajstić information content (AvgIpc) is 2.82. The molecule has 2 aromatic carbocycles. The van der Waals surface area contributed by atoms with Crippen LogP contribution in [-0.4, -0.2) is 44.9 Å². The molecule has 2 aliphatic heterocycles. The van der Waals surface area contributed by atoms with Crippen LogP contribution in [-0.2, 0) is 14.8 Å². The Kier molecular flexibility index (Phi) is 6.92. The summed E-state index contributed by atoms with van der Waals surface area (Å²) in [5.41, 5.74) is 4.50. The Labute approximate surface area is 202 Å². The number of piperidine rings is 1. The summed E-state index contributed by atoms with van der Waals surface area (Å²) in [5.74, 6) is 1.16. The topological polar surface area (TPSA) is 84.9 Å². The van der Waals surface area contributed by atoms with Crippen LogP contribution in [0, 0.1) is 33.6 Å². The van der Waals surface area contributed by atoms with Gasteiger partial charge in [0.1, 0.15) is 13.2 Å². The van der Waals surface area contributed by atoms with Gasteiger partial charge in [-0.15, -0.1) is 0 Å². The fourth-order valence-corrected chi connectivity index (χ4v) is 6.84. The zero-order valence-corrected chi connectivity index (χ0v) is 21.4. The number of nitrogens with zero attached hydrogens (tertiary/aromatic N) is 1. The molecule has 1 amide bonds. The molecule has 8 heteroatoms. The van der Waals surface area contributed by atoms with Crippen molar-refractivity contribution >= 4 is 15.9 Å². The van der Waals surface area contributed by atoms with Gasteiger partial charge in [0.2, 0.25) is 15.9 Å². The van der Waals surface area contributed by atoms with Crippen LogP contribution in [0.1, 0.15) is 53.6 Å². The fourth-order valence-electron chi connectivity index (χ4n) is 4.80. The number of carbonyl (C=O) groups is 1. The fraction of sp³-hybridized carbons (Fsp3) is 0.500. The number of fused-ring (bicyclic) bond motifs is 1. The minimum absolute atomic E-state index is 0.0433. The van der Waals surface area contributed by atoms with E-state index in [9.17, 15) is 13.2 Å². The smallest absolute Gasteiger partial charge is 0.243 e. The van der Waals surface area contributed by atoms with Gasteiger partial charge in [0.05, 0.1) is 10.9 Å². The molecule has 2 aromatic rings. The third-order valence-electron chi connectivity index (χ3n) is 7.14. The summed E-state index contributed by atoms with van der Waals surface area (Å²) in [6.07, 6.45) is 1.00. The Morgan fingerprint density at radius 3 is 2.18 bits per heavy atom. The molecule has 34 heavy (non-hydrogen) atoms. The van der Waals surface area contributed by atoms with Gasteiger partial charge in [0.15, 0.2) is 11.5 Å². The zero-order chi connectivity index (χ0) is 24.6. The van der Waals surface area contributed by atoms with Crippen molar-refractivity contribution in [1.82, 2.24) is 9.62 Å². The van der Waals surface area contributed by atoms with Crippen molar-refractivity contribution in [3.63, 3.8) is 0 Å². The van der Waals surface area contributed by atoms with Gasteiger partial charge >= 0.3 is 0 Å². The normalized spacial score (nSPS) is 17.9. The Morgan fingerprint density at radius 1 is 0.971 bits per heavy atom. The lowest BCUT2D eigenvalue weighted by Gasteiger charge is -2.32. The monoisotopic (exact) mass is 486 g/mol. The van der Waals surface area contributed by atoms with Gasteiger partial charge in [0, 0.05) is 19.0 Å². The van der Waals surface area contributed by atoms with Crippen molar-refractivity contribution in [2.45, 2.75) is 58.4 Å². The van der Waals surface area contributed by atoms with Crippen LogP contribution in [0.15, 0.2) is 29.2 Å². The lowest BCUT2D eigenvalue weighted by molar-refractivity contribution is -0.126. The second kappa shape index (κ2) is 9.58. The lowest BCUT2D eigenvalue weighted by atomic mass is 9.96. The van der Waals surface area contributed by atoms with Gasteiger partial charge in [-0.25, -0.2) is 8.42 Å². The number of aryl methyl sites for hydroxylation is 2. The van der Waals surface area contributed by atoms with E-state index in [2.05, 4.69) is 5.32 Å². The number of benzene rings is 2. The molecule has 2 heterocycles. The predicted octanol–water partition coefficient (Wildman–Crippen LogP) is 3.97. The first-order valence-electron chi connectivity index (χ1n) is 11.9. The third kappa shape index (κ3) is 4.66. The van der Waals surface area contributed by atoms with Crippen LogP contribution in [0.4, 0.5) is 0 Å². The SMILES string of the molecule is Cc1cc(C)c(C)c(S(=O)(=O)N2CCC(C(=O)N[C@H](C)c3ccc4c(c3)OCCO4)CC2)c1C. The largest absolute Gasteiger partial charge is 0.486 e. The highest BCUT2D eigenvalue weighted by atomic mass is 32.2. The van der Waals surface area contributed by atoms with E-state index in [0.29, 0.717) is 49.8 Å². The molecule has 0 aliphatic carbocycles. The lowest BCUT2D eigenvalue weighted by Crippen LogP contribution is -2.43.